The summed E-state index contributed by atoms with van der Waals surface area (Å²) in [7, 11) is 0. The van der Waals surface area contributed by atoms with Gasteiger partial charge in [-0.25, -0.2) is 4.98 Å². The molecule has 1 heterocycles. The number of aliphatic hydroxyl groups is 1. The average molecular weight is 231 g/mol. The van der Waals surface area contributed by atoms with Crippen LogP contribution in [0.1, 0.15) is 19.5 Å². The number of aromatic nitrogens is 2. The van der Waals surface area contributed by atoms with Crippen LogP contribution in [0.4, 0.5) is 0 Å². The number of benzene rings is 1. The molecule has 0 aliphatic carbocycles. The van der Waals surface area contributed by atoms with E-state index in [1.807, 2.05) is 24.3 Å². The van der Waals surface area contributed by atoms with Crippen LogP contribution >= 0.6 is 0 Å². The van der Waals surface area contributed by atoms with Crippen molar-refractivity contribution >= 4 is 11.0 Å². The Morgan fingerprint density at radius 3 is 2.65 bits per heavy atom. The molecule has 2 aromatic rings. The lowest BCUT2D eigenvalue weighted by Crippen LogP contribution is -2.34. The van der Waals surface area contributed by atoms with Crippen LogP contribution < -0.4 is 5.32 Å². The molecule has 0 amide bonds. The summed E-state index contributed by atoms with van der Waals surface area (Å²) in [5.41, 5.74) is 1.98. The van der Waals surface area contributed by atoms with E-state index in [1.165, 1.54) is 0 Å². The molecule has 0 radical (unpaired) electrons. The number of rotatable bonds is 4. The summed E-state index contributed by atoms with van der Waals surface area (Å²) in [5, 5.41) is 12.7. The number of hydrogen-bond acceptors (Lipinski definition) is 4. The van der Waals surface area contributed by atoms with E-state index in [4.69, 9.17) is 0 Å². The zero-order valence-electron chi connectivity index (χ0n) is 10.1. The Morgan fingerprint density at radius 1 is 1.24 bits per heavy atom. The molecule has 1 aromatic heterocycles. The highest BCUT2D eigenvalue weighted by Gasteiger charge is 2.11. The van der Waals surface area contributed by atoms with E-state index in [9.17, 15) is 5.11 Å². The van der Waals surface area contributed by atoms with Crippen LogP contribution in [0, 0.1) is 0 Å². The molecule has 1 aromatic carbocycles. The molecule has 0 saturated heterocycles. The van der Waals surface area contributed by atoms with Gasteiger partial charge in [0.25, 0.3) is 0 Å². The predicted octanol–water partition coefficient (Wildman–Crippen LogP) is 1.49. The van der Waals surface area contributed by atoms with Crippen LogP contribution in [0.5, 0.6) is 0 Å². The molecular formula is C13H17N3O. The molecule has 0 aliphatic rings. The van der Waals surface area contributed by atoms with E-state index in [0.717, 1.165) is 16.7 Å². The molecule has 0 atom stereocenters. The average Bonchev–Trinajstić information content (AvgIpc) is 2.27. The molecular weight excluding hydrogens is 214 g/mol. The Balaban J connectivity index is 2.04. The molecule has 0 spiro atoms. The van der Waals surface area contributed by atoms with E-state index < -0.39 is 5.60 Å². The van der Waals surface area contributed by atoms with Gasteiger partial charge in [-0.05, 0) is 26.0 Å². The predicted molar refractivity (Wildman–Crippen MR) is 67.5 cm³/mol. The van der Waals surface area contributed by atoms with Crippen molar-refractivity contribution in [3.8, 4) is 0 Å². The first-order valence-electron chi connectivity index (χ1n) is 5.68. The minimum atomic E-state index is -0.704. The largest absolute Gasteiger partial charge is 0.389 e. The molecule has 0 aliphatic heterocycles. The molecule has 17 heavy (non-hydrogen) atoms. The Hall–Kier alpha value is -1.52. The monoisotopic (exact) mass is 231 g/mol. The summed E-state index contributed by atoms with van der Waals surface area (Å²) in [5.74, 6) is 0. The van der Waals surface area contributed by atoms with Gasteiger partial charge in [-0.1, -0.05) is 12.1 Å². The van der Waals surface area contributed by atoms with Crippen molar-refractivity contribution < 1.29 is 5.11 Å². The first kappa shape index (κ1) is 12.0. The van der Waals surface area contributed by atoms with Crippen LogP contribution in [0.25, 0.3) is 11.0 Å². The maximum Gasteiger partial charge on any atom is 0.0890 e. The maximum absolute atomic E-state index is 9.57. The van der Waals surface area contributed by atoms with Gasteiger partial charge >= 0.3 is 0 Å². The van der Waals surface area contributed by atoms with Gasteiger partial charge in [0.05, 0.1) is 28.5 Å². The fourth-order valence-corrected chi connectivity index (χ4v) is 1.58. The number of hydrogen-bond donors (Lipinski definition) is 2. The van der Waals surface area contributed by atoms with Gasteiger partial charge < -0.3 is 10.4 Å². The summed E-state index contributed by atoms with van der Waals surface area (Å²) < 4.78 is 0. The summed E-state index contributed by atoms with van der Waals surface area (Å²) >= 11 is 0. The fourth-order valence-electron chi connectivity index (χ4n) is 1.58. The standard InChI is InChI=1S/C13H17N3O/c1-13(2,17)9-14-7-10-8-15-11-5-3-4-6-12(11)16-10/h3-6,8,14,17H,7,9H2,1-2H3. The van der Waals surface area contributed by atoms with Gasteiger partial charge in [0.2, 0.25) is 0 Å². The van der Waals surface area contributed by atoms with E-state index in [2.05, 4.69) is 15.3 Å². The van der Waals surface area contributed by atoms with Gasteiger partial charge in [0.1, 0.15) is 0 Å². The van der Waals surface area contributed by atoms with Gasteiger partial charge in [0.15, 0.2) is 0 Å². The van der Waals surface area contributed by atoms with E-state index in [1.54, 1.807) is 20.0 Å². The smallest absolute Gasteiger partial charge is 0.0890 e. The van der Waals surface area contributed by atoms with Gasteiger partial charge in [-0.15, -0.1) is 0 Å². The Bertz CT molecular complexity index is 505. The molecule has 90 valence electrons. The molecule has 4 heteroatoms. The molecule has 0 bridgehead atoms. The van der Waals surface area contributed by atoms with Crippen LogP contribution in [-0.4, -0.2) is 27.2 Å². The van der Waals surface area contributed by atoms with Gasteiger partial charge in [0, 0.05) is 13.1 Å². The maximum atomic E-state index is 9.57. The SMILES string of the molecule is CC(C)(O)CNCc1cnc2ccccc2n1. The van der Waals surface area contributed by atoms with Crippen LogP contribution in [0.3, 0.4) is 0 Å². The van der Waals surface area contributed by atoms with Crippen LogP contribution in [0.15, 0.2) is 30.5 Å². The van der Waals surface area contributed by atoms with Crippen molar-refractivity contribution in [1.82, 2.24) is 15.3 Å². The first-order valence-corrected chi connectivity index (χ1v) is 5.68. The minimum absolute atomic E-state index is 0.529. The fraction of sp³-hybridized carbons (Fsp3) is 0.385. The molecule has 4 nitrogen and oxygen atoms in total. The Labute approximate surface area is 101 Å². The highest BCUT2D eigenvalue weighted by atomic mass is 16.3. The van der Waals surface area contributed by atoms with Crippen LogP contribution in [-0.2, 0) is 6.54 Å². The molecule has 0 saturated carbocycles. The van der Waals surface area contributed by atoms with Crippen molar-refractivity contribution in [2.75, 3.05) is 6.54 Å². The number of para-hydroxylation sites is 2. The van der Waals surface area contributed by atoms with Crippen molar-refractivity contribution in [3.63, 3.8) is 0 Å². The molecule has 0 unspecified atom stereocenters. The number of fused-ring (bicyclic) bond motifs is 1. The number of nitrogens with zero attached hydrogens (tertiary/aromatic N) is 2. The second-order valence-corrected chi connectivity index (χ2v) is 4.77. The lowest BCUT2D eigenvalue weighted by molar-refractivity contribution is 0.0794. The summed E-state index contributed by atoms with van der Waals surface area (Å²) in [6.45, 7) is 4.68. The van der Waals surface area contributed by atoms with E-state index in [-0.39, 0.29) is 0 Å². The van der Waals surface area contributed by atoms with Crippen molar-refractivity contribution in [3.05, 3.63) is 36.2 Å². The highest BCUT2D eigenvalue weighted by molar-refractivity contribution is 5.73. The van der Waals surface area contributed by atoms with Crippen molar-refractivity contribution in [2.45, 2.75) is 26.0 Å². The van der Waals surface area contributed by atoms with Crippen LogP contribution in [0.2, 0.25) is 0 Å². The highest BCUT2D eigenvalue weighted by Crippen LogP contribution is 2.08. The normalized spacial score (nSPS) is 11.9. The molecule has 0 fully saturated rings. The molecule has 2 rings (SSSR count). The lowest BCUT2D eigenvalue weighted by Gasteiger charge is -2.17. The summed E-state index contributed by atoms with van der Waals surface area (Å²) in [4.78, 5) is 8.82. The van der Waals surface area contributed by atoms with Crippen molar-refractivity contribution in [1.29, 1.82) is 0 Å². The lowest BCUT2D eigenvalue weighted by atomic mass is 10.1. The number of nitrogens with one attached hydrogen (secondary N) is 1. The van der Waals surface area contributed by atoms with E-state index in [0.29, 0.717) is 13.1 Å². The quantitative estimate of drug-likeness (QED) is 0.837. The third-order valence-corrected chi connectivity index (χ3v) is 2.36. The van der Waals surface area contributed by atoms with Gasteiger partial charge in [-0.3, -0.25) is 4.98 Å². The topological polar surface area (TPSA) is 58.0 Å². The third kappa shape index (κ3) is 3.47. The zero-order valence-corrected chi connectivity index (χ0v) is 10.1. The Morgan fingerprint density at radius 2 is 1.94 bits per heavy atom. The second kappa shape index (κ2) is 4.77. The first-order chi connectivity index (χ1) is 8.04. The molecule has 2 N–H and O–H groups in total. The van der Waals surface area contributed by atoms with E-state index >= 15 is 0 Å². The van der Waals surface area contributed by atoms with Crippen molar-refractivity contribution in [2.24, 2.45) is 0 Å². The summed E-state index contributed by atoms with van der Waals surface area (Å²) in [6, 6.07) is 7.78. The Kier molecular flexibility index (Phi) is 3.36. The summed E-state index contributed by atoms with van der Waals surface area (Å²) in [6.07, 6.45) is 1.76. The van der Waals surface area contributed by atoms with Gasteiger partial charge in [-0.2, -0.15) is 0 Å². The minimum Gasteiger partial charge on any atom is -0.389 e. The second-order valence-electron chi connectivity index (χ2n) is 4.77. The third-order valence-electron chi connectivity index (χ3n) is 2.36. The zero-order chi connectivity index (χ0) is 12.3.